The average molecular weight is 654 g/mol. The minimum Gasteiger partial charge on any atom is -0.453 e. The molecule has 9 aromatic rings. The first kappa shape index (κ1) is 27.9. The molecule has 0 radical (unpaired) electrons. The number of benzene rings is 8. The number of nitrogens with zero attached hydrogens (tertiary/aromatic N) is 3. The third kappa shape index (κ3) is 4.35. The lowest BCUT2D eigenvalue weighted by molar-refractivity contribution is 0.446. The van der Waals surface area contributed by atoms with Gasteiger partial charge < -0.3 is 9.47 Å². The maximum absolute atomic E-state index is 6.73. The first-order valence-electron chi connectivity index (χ1n) is 17.1. The summed E-state index contributed by atoms with van der Waals surface area (Å²) in [6.07, 6.45) is 0. The van der Waals surface area contributed by atoms with Crippen LogP contribution in [0, 0.1) is 0 Å². The number of fused-ring (bicyclic) bond motifs is 8. The van der Waals surface area contributed by atoms with Gasteiger partial charge in [-0.2, -0.15) is 0 Å². The summed E-state index contributed by atoms with van der Waals surface area (Å²) >= 11 is 0. The molecule has 8 aromatic carbocycles. The van der Waals surface area contributed by atoms with Gasteiger partial charge in [-0.05, 0) is 75.8 Å². The summed E-state index contributed by atoms with van der Waals surface area (Å²) in [5.41, 5.74) is 8.69. The fraction of sp³-hybridized carbons (Fsp3) is 0. The van der Waals surface area contributed by atoms with Crippen molar-refractivity contribution in [3.05, 3.63) is 164 Å². The molecule has 0 bridgehead atoms. The lowest BCUT2D eigenvalue weighted by Crippen LogP contribution is -2.20. The molecule has 0 saturated heterocycles. The Bertz CT molecular complexity index is 2880. The van der Waals surface area contributed by atoms with E-state index in [1.807, 2.05) is 24.3 Å². The molecule has 3 heterocycles. The summed E-state index contributed by atoms with van der Waals surface area (Å²) in [6, 6.07) is 56.6. The maximum atomic E-state index is 6.73. The van der Waals surface area contributed by atoms with Gasteiger partial charge in [-0.25, -0.2) is 9.97 Å². The van der Waals surface area contributed by atoms with Crippen molar-refractivity contribution >= 4 is 49.5 Å². The lowest BCUT2D eigenvalue weighted by atomic mass is 9.98. The molecule has 238 valence electrons. The molecule has 0 N–H and O–H groups in total. The third-order valence-corrected chi connectivity index (χ3v) is 9.97. The first-order valence-corrected chi connectivity index (χ1v) is 17.1. The smallest absolute Gasteiger partial charge is 0.160 e. The molecule has 0 aliphatic carbocycles. The van der Waals surface area contributed by atoms with Crippen molar-refractivity contribution in [3.8, 4) is 56.8 Å². The van der Waals surface area contributed by atoms with Crippen molar-refractivity contribution in [2.75, 3.05) is 4.90 Å². The van der Waals surface area contributed by atoms with E-state index in [0.29, 0.717) is 5.82 Å². The van der Waals surface area contributed by atoms with Crippen LogP contribution in [0.1, 0.15) is 0 Å². The Hall–Kier alpha value is -6.98. The van der Waals surface area contributed by atoms with Crippen LogP contribution in [0.4, 0.5) is 17.1 Å². The van der Waals surface area contributed by atoms with Gasteiger partial charge in [0.05, 0.1) is 22.6 Å². The highest BCUT2D eigenvalue weighted by Crippen LogP contribution is 2.61. The van der Waals surface area contributed by atoms with E-state index in [9.17, 15) is 0 Å². The maximum Gasteiger partial charge on any atom is 0.160 e. The minimum atomic E-state index is 0.673. The molecule has 0 fully saturated rings. The summed E-state index contributed by atoms with van der Waals surface area (Å²) < 4.78 is 13.3. The Labute approximate surface area is 293 Å². The van der Waals surface area contributed by atoms with Crippen molar-refractivity contribution in [3.63, 3.8) is 0 Å². The first-order chi connectivity index (χ1) is 25.2. The van der Waals surface area contributed by atoms with E-state index in [0.717, 1.165) is 100 Å². The van der Waals surface area contributed by atoms with Gasteiger partial charge in [-0.3, -0.25) is 4.90 Å². The Morgan fingerprint density at radius 2 is 1.08 bits per heavy atom. The predicted molar refractivity (Wildman–Crippen MR) is 206 cm³/mol. The number of ether oxygens (including phenoxy) is 2. The van der Waals surface area contributed by atoms with Gasteiger partial charge in [0.1, 0.15) is 5.69 Å². The number of para-hydroxylation sites is 2. The summed E-state index contributed by atoms with van der Waals surface area (Å²) in [6.45, 7) is 0. The van der Waals surface area contributed by atoms with Crippen LogP contribution in [-0.4, -0.2) is 9.97 Å². The monoisotopic (exact) mass is 653 g/mol. The van der Waals surface area contributed by atoms with Crippen molar-refractivity contribution in [2.24, 2.45) is 0 Å². The van der Waals surface area contributed by atoms with E-state index >= 15 is 0 Å². The normalized spacial score (nSPS) is 12.6. The standard InChI is InChI=1S/C46H27N3O2/c1-2-12-29(13-3-1)43-36-22-21-28-11-6-7-18-35(28)44(36)48-46(47-43)33-17-10-16-30(23-33)34-26-41-45-42(27-34)51-40-25-32-15-5-4-14-31(32)24-38(40)49(45)37-19-8-9-20-39(37)50-41/h1-27H. The van der Waals surface area contributed by atoms with E-state index in [1.165, 1.54) is 0 Å². The number of hydrogen-bond acceptors (Lipinski definition) is 5. The largest absolute Gasteiger partial charge is 0.453 e. The lowest BCUT2D eigenvalue weighted by Gasteiger charge is -2.38. The van der Waals surface area contributed by atoms with E-state index < -0.39 is 0 Å². The molecule has 5 nitrogen and oxygen atoms in total. The second-order valence-electron chi connectivity index (χ2n) is 13.0. The fourth-order valence-electron chi connectivity index (χ4n) is 7.57. The Morgan fingerprint density at radius 1 is 0.392 bits per heavy atom. The molecule has 0 spiro atoms. The number of hydrogen-bond donors (Lipinski definition) is 0. The van der Waals surface area contributed by atoms with E-state index in [4.69, 9.17) is 19.4 Å². The Balaban J connectivity index is 1.08. The predicted octanol–water partition coefficient (Wildman–Crippen LogP) is 12.6. The van der Waals surface area contributed by atoms with Gasteiger partial charge in [0.2, 0.25) is 0 Å². The zero-order valence-electron chi connectivity index (χ0n) is 27.2. The molecule has 0 saturated carbocycles. The van der Waals surface area contributed by atoms with Gasteiger partial charge in [0.25, 0.3) is 0 Å². The molecule has 5 heteroatoms. The SMILES string of the molecule is c1ccc(-c2nc(-c3cccc(-c4cc5c6c(c4)Oc4cc7ccccc7cc4N6c4ccccc4O5)c3)nc3c2ccc2ccccc23)cc1. The highest BCUT2D eigenvalue weighted by molar-refractivity contribution is 6.09. The van der Waals surface area contributed by atoms with Crippen LogP contribution in [-0.2, 0) is 0 Å². The van der Waals surface area contributed by atoms with Crippen LogP contribution < -0.4 is 14.4 Å². The topological polar surface area (TPSA) is 47.5 Å². The highest BCUT2D eigenvalue weighted by Gasteiger charge is 2.35. The van der Waals surface area contributed by atoms with Crippen molar-refractivity contribution in [1.29, 1.82) is 0 Å². The molecule has 2 aliphatic rings. The zero-order chi connectivity index (χ0) is 33.5. The quantitative estimate of drug-likeness (QED) is 0.178. The van der Waals surface area contributed by atoms with E-state index in [2.05, 4.69) is 144 Å². The molecule has 1 aromatic heterocycles. The van der Waals surface area contributed by atoms with Gasteiger partial charge in [-0.15, -0.1) is 0 Å². The van der Waals surface area contributed by atoms with Crippen molar-refractivity contribution < 1.29 is 9.47 Å². The van der Waals surface area contributed by atoms with Crippen LogP contribution in [0.25, 0.3) is 66.2 Å². The van der Waals surface area contributed by atoms with Crippen LogP contribution >= 0.6 is 0 Å². The van der Waals surface area contributed by atoms with Crippen molar-refractivity contribution in [2.45, 2.75) is 0 Å². The fourth-order valence-corrected chi connectivity index (χ4v) is 7.57. The van der Waals surface area contributed by atoms with Crippen LogP contribution in [0.2, 0.25) is 0 Å². The summed E-state index contributed by atoms with van der Waals surface area (Å²) in [5.74, 6) is 3.76. The van der Waals surface area contributed by atoms with Gasteiger partial charge >= 0.3 is 0 Å². The molecule has 51 heavy (non-hydrogen) atoms. The average Bonchev–Trinajstić information content (AvgIpc) is 3.19. The van der Waals surface area contributed by atoms with E-state index in [-0.39, 0.29) is 0 Å². The third-order valence-electron chi connectivity index (χ3n) is 9.97. The summed E-state index contributed by atoms with van der Waals surface area (Å²) in [4.78, 5) is 12.7. The number of anilines is 3. The minimum absolute atomic E-state index is 0.673. The summed E-state index contributed by atoms with van der Waals surface area (Å²) in [5, 5.41) is 5.56. The number of rotatable bonds is 3. The van der Waals surface area contributed by atoms with Crippen LogP contribution in [0.15, 0.2) is 164 Å². The molecule has 0 unspecified atom stereocenters. The van der Waals surface area contributed by atoms with Crippen LogP contribution in [0.5, 0.6) is 23.0 Å². The molecule has 0 amide bonds. The molecule has 11 rings (SSSR count). The second-order valence-corrected chi connectivity index (χ2v) is 13.0. The molecule has 0 atom stereocenters. The van der Waals surface area contributed by atoms with Gasteiger partial charge in [0, 0.05) is 21.9 Å². The number of aromatic nitrogens is 2. The molecular weight excluding hydrogens is 627 g/mol. The second kappa shape index (κ2) is 10.8. The Kier molecular flexibility index (Phi) is 5.89. The Morgan fingerprint density at radius 3 is 1.94 bits per heavy atom. The summed E-state index contributed by atoms with van der Waals surface area (Å²) in [7, 11) is 0. The van der Waals surface area contributed by atoms with Gasteiger partial charge in [0.15, 0.2) is 28.8 Å². The van der Waals surface area contributed by atoms with Crippen LogP contribution in [0.3, 0.4) is 0 Å². The molecule has 2 aliphatic heterocycles. The molecular formula is C46H27N3O2. The van der Waals surface area contributed by atoms with E-state index in [1.54, 1.807) is 0 Å². The highest BCUT2D eigenvalue weighted by atomic mass is 16.5. The van der Waals surface area contributed by atoms with Gasteiger partial charge in [-0.1, -0.05) is 115 Å². The van der Waals surface area contributed by atoms with Crippen molar-refractivity contribution in [1.82, 2.24) is 9.97 Å². The zero-order valence-corrected chi connectivity index (χ0v) is 27.2.